The smallest absolute Gasteiger partial charge is 0.405 e. The van der Waals surface area contributed by atoms with Gasteiger partial charge in [0.05, 0.1) is 6.54 Å². The average Bonchev–Trinajstić information content (AvgIpc) is 3.21. The largest absolute Gasteiger partial charge is 0.415 e. The Morgan fingerprint density at radius 3 is 2.82 bits per heavy atom. The molecule has 1 saturated heterocycles. The number of amides is 1. The van der Waals surface area contributed by atoms with Crippen LogP contribution in [-0.4, -0.2) is 57.8 Å². The molecular weight excluding hydrogens is 427 g/mol. The molecule has 1 fully saturated rings. The number of hydrogen-bond acceptors (Lipinski definition) is 8. The second kappa shape index (κ2) is 8.87. The number of pyridine rings is 1. The molecule has 3 aromatic rings. The van der Waals surface area contributed by atoms with Crippen molar-refractivity contribution in [3.8, 4) is 0 Å². The third-order valence-electron chi connectivity index (χ3n) is 5.54. The van der Waals surface area contributed by atoms with Gasteiger partial charge in [0.2, 0.25) is 0 Å². The summed E-state index contributed by atoms with van der Waals surface area (Å²) in [4.78, 5) is 22.9. The highest BCUT2D eigenvalue weighted by Gasteiger charge is 2.26. The molecule has 5 rings (SSSR count). The zero-order chi connectivity index (χ0) is 22.8. The van der Waals surface area contributed by atoms with E-state index in [1.807, 2.05) is 6.07 Å². The van der Waals surface area contributed by atoms with Gasteiger partial charge in [0.25, 0.3) is 0 Å². The van der Waals surface area contributed by atoms with E-state index in [0.29, 0.717) is 43.1 Å². The SMILES string of the molecule is NC1=NC(c2nn(Cc3ccccc3F)c3ncccc23)NC=C1OC(=O)N1CCNCC1. The van der Waals surface area contributed by atoms with Crippen molar-refractivity contribution in [1.82, 2.24) is 30.3 Å². The summed E-state index contributed by atoms with van der Waals surface area (Å²) < 4.78 is 21.3. The first-order valence-electron chi connectivity index (χ1n) is 10.6. The normalized spacial score (nSPS) is 18.5. The minimum atomic E-state index is -0.611. The number of nitrogens with two attached hydrogens (primary N) is 1. The molecule has 11 heteroatoms. The van der Waals surface area contributed by atoms with Gasteiger partial charge in [-0.25, -0.2) is 23.8 Å². The fourth-order valence-corrected chi connectivity index (χ4v) is 3.83. The van der Waals surface area contributed by atoms with Crippen molar-refractivity contribution >= 4 is 23.0 Å². The summed E-state index contributed by atoms with van der Waals surface area (Å²) in [5, 5.41) is 11.7. The first-order valence-corrected chi connectivity index (χ1v) is 10.6. The van der Waals surface area contributed by atoms with Crippen LogP contribution in [0, 0.1) is 5.82 Å². The van der Waals surface area contributed by atoms with Gasteiger partial charge < -0.3 is 26.0 Å². The van der Waals surface area contributed by atoms with Crippen LogP contribution in [0.3, 0.4) is 0 Å². The van der Waals surface area contributed by atoms with Crippen LogP contribution in [0.15, 0.2) is 59.5 Å². The maximum absolute atomic E-state index is 14.2. The van der Waals surface area contributed by atoms with Crippen LogP contribution in [0.4, 0.5) is 9.18 Å². The van der Waals surface area contributed by atoms with Crippen molar-refractivity contribution in [2.45, 2.75) is 12.7 Å². The molecule has 0 saturated carbocycles. The molecule has 4 heterocycles. The summed E-state index contributed by atoms with van der Waals surface area (Å²) in [5.74, 6) is -0.0681. The lowest BCUT2D eigenvalue weighted by molar-refractivity contribution is 0.126. The quantitative estimate of drug-likeness (QED) is 0.550. The molecule has 1 amide bonds. The topological polar surface area (TPSA) is 123 Å². The molecule has 10 nitrogen and oxygen atoms in total. The predicted molar refractivity (Wildman–Crippen MR) is 120 cm³/mol. The number of aliphatic imine (C=N–C) groups is 1. The van der Waals surface area contributed by atoms with Gasteiger partial charge >= 0.3 is 6.09 Å². The number of carbonyl (C=O) groups is 1. The molecule has 2 aromatic heterocycles. The molecule has 170 valence electrons. The van der Waals surface area contributed by atoms with E-state index in [4.69, 9.17) is 10.5 Å². The van der Waals surface area contributed by atoms with E-state index < -0.39 is 12.3 Å². The zero-order valence-electron chi connectivity index (χ0n) is 17.7. The number of carbonyl (C=O) groups excluding carboxylic acids is 1. The number of piperazine rings is 1. The van der Waals surface area contributed by atoms with Crippen molar-refractivity contribution in [3.63, 3.8) is 0 Å². The molecule has 0 aliphatic carbocycles. The number of benzene rings is 1. The Labute approximate surface area is 188 Å². The third-order valence-corrected chi connectivity index (χ3v) is 5.54. The van der Waals surface area contributed by atoms with Crippen LogP contribution in [0.1, 0.15) is 17.4 Å². The molecular formula is C22H23FN8O2. The van der Waals surface area contributed by atoms with E-state index in [2.05, 4.69) is 25.7 Å². The van der Waals surface area contributed by atoms with Crippen molar-refractivity contribution in [2.24, 2.45) is 10.7 Å². The van der Waals surface area contributed by atoms with E-state index in [9.17, 15) is 9.18 Å². The van der Waals surface area contributed by atoms with E-state index in [0.717, 1.165) is 5.39 Å². The molecule has 0 radical (unpaired) electrons. The van der Waals surface area contributed by atoms with Gasteiger partial charge in [-0.1, -0.05) is 18.2 Å². The van der Waals surface area contributed by atoms with Gasteiger partial charge in [-0.15, -0.1) is 0 Å². The van der Waals surface area contributed by atoms with Crippen LogP contribution < -0.4 is 16.4 Å². The summed E-state index contributed by atoms with van der Waals surface area (Å²) in [5.41, 5.74) is 7.80. The Balaban J connectivity index is 1.38. The monoisotopic (exact) mass is 450 g/mol. The number of amidine groups is 1. The van der Waals surface area contributed by atoms with Crippen molar-refractivity contribution in [2.75, 3.05) is 26.2 Å². The minimum absolute atomic E-state index is 0.0860. The Morgan fingerprint density at radius 1 is 1.21 bits per heavy atom. The lowest BCUT2D eigenvalue weighted by Gasteiger charge is -2.27. The highest BCUT2D eigenvalue weighted by molar-refractivity contribution is 5.97. The summed E-state index contributed by atoms with van der Waals surface area (Å²) in [6, 6.07) is 10.2. The summed E-state index contributed by atoms with van der Waals surface area (Å²) >= 11 is 0. The van der Waals surface area contributed by atoms with Crippen LogP contribution in [0.25, 0.3) is 11.0 Å². The van der Waals surface area contributed by atoms with E-state index >= 15 is 0 Å². The lowest BCUT2D eigenvalue weighted by Crippen LogP contribution is -2.47. The van der Waals surface area contributed by atoms with E-state index in [-0.39, 0.29) is 24.0 Å². The zero-order valence-corrected chi connectivity index (χ0v) is 17.7. The number of nitrogens with zero attached hydrogens (tertiary/aromatic N) is 5. The molecule has 2 aliphatic rings. The molecule has 1 aromatic carbocycles. The number of rotatable bonds is 4. The van der Waals surface area contributed by atoms with Gasteiger partial charge in [-0.3, -0.25) is 0 Å². The highest BCUT2D eigenvalue weighted by atomic mass is 19.1. The minimum Gasteiger partial charge on any atom is -0.405 e. The first-order chi connectivity index (χ1) is 16.1. The van der Waals surface area contributed by atoms with Crippen molar-refractivity contribution in [1.29, 1.82) is 0 Å². The van der Waals surface area contributed by atoms with Gasteiger partial charge in [0, 0.05) is 49.5 Å². The van der Waals surface area contributed by atoms with E-state index in [1.165, 1.54) is 12.3 Å². The maximum atomic E-state index is 14.2. The molecule has 4 N–H and O–H groups in total. The molecule has 1 atom stereocenters. The number of nitrogens with one attached hydrogen (secondary N) is 2. The average molecular weight is 450 g/mol. The van der Waals surface area contributed by atoms with Crippen molar-refractivity contribution in [3.05, 3.63) is 71.6 Å². The standard InChI is InChI=1S/C22H23FN8O2/c23-16-6-2-1-4-14(16)13-31-21-15(5-3-7-26-21)18(29-31)20-27-12-17(19(24)28-20)33-22(32)30-10-8-25-9-11-30/h1-7,12,20,25,27H,8-11,13H2,(H2,24,28). The van der Waals surface area contributed by atoms with Crippen LogP contribution in [0.5, 0.6) is 0 Å². The second-order valence-corrected chi connectivity index (χ2v) is 7.71. The van der Waals surface area contributed by atoms with Crippen LogP contribution in [-0.2, 0) is 11.3 Å². The lowest BCUT2D eigenvalue weighted by atomic mass is 10.2. The number of halogens is 1. The molecule has 2 aliphatic heterocycles. The van der Waals surface area contributed by atoms with Gasteiger partial charge in [0.15, 0.2) is 23.4 Å². The summed E-state index contributed by atoms with van der Waals surface area (Å²) in [7, 11) is 0. The van der Waals surface area contributed by atoms with Gasteiger partial charge in [0.1, 0.15) is 11.5 Å². The fraction of sp³-hybridized carbons (Fsp3) is 0.273. The van der Waals surface area contributed by atoms with Crippen molar-refractivity contribution < 1.29 is 13.9 Å². The Kier molecular flexibility index (Phi) is 5.61. The summed E-state index contributed by atoms with van der Waals surface area (Å²) in [6.45, 7) is 2.79. The molecule has 1 unspecified atom stereocenters. The predicted octanol–water partition coefficient (Wildman–Crippen LogP) is 1.46. The Bertz CT molecular complexity index is 1250. The Hall–Kier alpha value is -3.99. The van der Waals surface area contributed by atoms with Gasteiger partial charge in [-0.2, -0.15) is 5.10 Å². The molecule has 0 spiro atoms. The number of aromatic nitrogens is 3. The Morgan fingerprint density at radius 2 is 2.03 bits per heavy atom. The van der Waals surface area contributed by atoms with Crippen LogP contribution >= 0.6 is 0 Å². The molecule has 33 heavy (non-hydrogen) atoms. The second-order valence-electron chi connectivity index (χ2n) is 7.71. The highest BCUT2D eigenvalue weighted by Crippen LogP contribution is 2.26. The van der Waals surface area contributed by atoms with Gasteiger partial charge in [-0.05, 0) is 18.2 Å². The maximum Gasteiger partial charge on any atom is 0.415 e. The fourth-order valence-electron chi connectivity index (χ4n) is 3.83. The van der Waals surface area contributed by atoms with E-state index in [1.54, 1.807) is 40.0 Å². The molecule has 0 bridgehead atoms. The summed E-state index contributed by atoms with van der Waals surface area (Å²) in [6.07, 6.45) is 2.10. The van der Waals surface area contributed by atoms with Crippen LogP contribution in [0.2, 0.25) is 0 Å². The number of fused-ring (bicyclic) bond motifs is 1. The first kappa shape index (κ1) is 20.9. The third kappa shape index (κ3) is 4.22. The number of hydrogen-bond donors (Lipinski definition) is 3. The number of ether oxygens (including phenoxy) is 1.